The summed E-state index contributed by atoms with van der Waals surface area (Å²) in [5.74, 6) is 0.789. The summed E-state index contributed by atoms with van der Waals surface area (Å²) in [7, 11) is 2.08. The van der Waals surface area contributed by atoms with E-state index in [9.17, 15) is 4.39 Å². The van der Waals surface area contributed by atoms with Gasteiger partial charge >= 0.3 is 0 Å². The maximum atomic E-state index is 13.2. The molecule has 5 rings (SSSR count). The van der Waals surface area contributed by atoms with E-state index >= 15 is 0 Å². The number of fused-ring (bicyclic) bond motifs is 3. The molecule has 1 fully saturated rings. The van der Waals surface area contributed by atoms with Crippen molar-refractivity contribution in [1.29, 1.82) is 0 Å². The van der Waals surface area contributed by atoms with Crippen LogP contribution in [0.3, 0.4) is 0 Å². The summed E-state index contributed by atoms with van der Waals surface area (Å²) in [6.45, 7) is 5.59. The summed E-state index contributed by atoms with van der Waals surface area (Å²) in [4.78, 5) is 13.9. The molecule has 4 aromatic rings. The monoisotopic (exact) mass is 375 g/mol. The van der Waals surface area contributed by atoms with Gasteiger partial charge in [-0.3, -0.25) is 0 Å². The quantitative estimate of drug-likeness (QED) is 0.533. The number of nitrogens with zero attached hydrogens (tertiary/aromatic N) is 5. The molecule has 1 aliphatic heterocycles. The molecule has 0 atom stereocenters. The normalized spacial score (nSPS) is 15.0. The highest BCUT2D eigenvalue weighted by atomic mass is 19.1. The maximum Gasteiger partial charge on any atom is 0.156 e. The zero-order valence-electron chi connectivity index (χ0n) is 16.1. The molecule has 5 nitrogen and oxygen atoms in total. The lowest BCUT2D eigenvalue weighted by atomic mass is 10.1. The molecule has 0 unspecified atom stereocenters. The Balaban J connectivity index is 1.49. The van der Waals surface area contributed by atoms with E-state index < -0.39 is 0 Å². The van der Waals surface area contributed by atoms with E-state index in [4.69, 9.17) is 0 Å². The van der Waals surface area contributed by atoms with Crippen LogP contribution in [0.1, 0.15) is 5.56 Å². The van der Waals surface area contributed by atoms with E-state index in [-0.39, 0.29) is 5.82 Å². The summed E-state index contributed by atoms with van der Waals surface area (Å²) in [5.41, 5.74) is 5.56. The fraction of sp³-hybridized carbons (Fsp3) is 0.273. The Morgan fingerprint density at radius 2 is 1.61 bits per heavy atom. The van der Waals surface area contributed by atoms with Gasteiger partial charge in [0.05, 0.1) is 5.52 Å². The average Bonchev–Trinajstić information content (AvgIpc) is 3.01. The molecular weight excluding hydrogens is 353 g/mol. The Bertz CT molecular complexity index is 1160. The van der Waals surface area contributed by atoms with Crippen molar-refractivity contribution in [1.82, 2.24) is 14.5 Å². The third-order valence-electron chi connectivity index (χ3n) is 5.68. The minimum Gasteiger partial charge on any atom is -0.368 e. The SMILES string of the molecule is Cc1ccc2c(c1)c1ncnc(N3CCN(c4ccc(F)cc4)CC3)c1n2C. The topological polar surface area (TPSA) is 37.2 Å². The van der Waals surface area contributed by atoms with Crippen LogP contribution in [0, 0.1) is 12.7 Å². The molecule has 0 amide bonds. The number of aromatic nitrogens is 3. The minimum atomic E-state index is -0.197. The maximum absolute atomic E-state index is 13.2. The van der Waals surface area contributed by atoms with E-state index in [0.717, 1.165) is 48.7 Å². The first-order chi connectivity index (χ1) is 13.6. The van der Waals surface area contributed by atoms with Gasteiger partial charge in [-0.1, -0.05) is 11.6 Å². The average molecular weight is 375 g/mol. The molecular formula is C22H22FN5. The Morgan fingerprint density at radius 1 is 0.893 bits per heavy atom. The fourth-order valence-corrected chi connectivity index (χ4v) is 4.19. The number of anilines is 2. The third-order valence-corrected chi connectivity index (χ3v) is 5.68. The lowest BCUT2D eigenvalue weighted by Crippen LogP contribution is -2.47. The fourth-order valence-electron chi connectivity index (χ4n) is 4.19. The zero-order chi connectivity index (χ0) is 19.3. The largest absolute Gasteiger partial charge is 0.368 e. The van der Waals surface area contributed by atoms with Gasteiger partial charge in [-0.25, -0.2) is 14.4 Å². The van der Waals surface area contributed by atoms with Crippen LogP contribution in [0.5, 0.6) is 0 Å². The molecule has 0 N–H and O–H groups in total. The molecule has 3 heterocycles. The van der Waals surface area contributed by atoms with Crippen LogP contribution in [-0.4, -0.2) is 40.7 Å². The smallest absolute Gasteiger partial charge is 0.156 e. The van der Waals surface area contributed by atoms with Crippen LogP contribution in [0.15, 0.2) is 48.8 Å². The van der Waals surface area contributed by atoms with Gasteiger partial charge in [0.25, 0.3) is 0 Å². The number of hydrogen-bond acceptors (Lipinski definition) is 4. The highest BCUT2D eigenvalue weighted by molar-refractivity contribution is 6.09. The standard InChI is InChI=1S/C22H22FN5/c1-15-3-8-19-18(13-15)20-21(26(19)2)22(25-14-24-20)28-11-9-27(10-12-28)17-6-4-16(23)5-7-17/h3-8,13-14H,9-12H2,1-2H3. The van der Waals surface area contributed by atoms with Crippen molar-refractivity contribution in [3.63, 3.8) is 0 Å². The van der Waals surface area contributed by atoms with Gasteiger partial charge in [0.2, 0.25) is 0 Å². The number of piperazine rings is 1. The third kappa shape index (κ3) is 2.68. The van der Waals surface area contributed by atoms with Gasteiger partial charge in [0.1, 0.15) is 23.2 Å². The van der Waals surface area contributed by atoms with Gasteiger partial charge in [-0.15, -0.1) is 0 Å². The molecule has 0 saturated carbocycles. The number of halogens is 1. The zero-order valence-corrected chi connectivity index (χ0v) is 16.1. The number of benzene rings is 2. The van der Waals surface area contributed by atoms with Crippen LogP contribution >= 0.6 is 0 Å². The summed E-state index contributed by atoms with van der Waals surface area (Å²) < 4.78 is 15.4. The van der Waals surface area contributed by atoms with E-state index in [1.807, 2.05) is 12.1 Å². The molecule has 2 aromatic heterocycles. The molecule has 28 heavy (non-hydrogen) atoms. The first-order valence-electron chi connectivity index (χ1n) is 9.57. The highest BCUT2D eigenvalue weighted by Crippen LogP contribution is 2.32. The molecule has 6 heteroatoms. The predicted molar refractivity (Wildman–Crippen MR) is 112 cm³/mol. The van der Waals surface area contributed by atoms with Gasteiger partial charge in [0, 0.05) is 44.3 Å². The summed E-state index contributed by atoms with van der Waals surface area (Å²) in [6, 6.07) is 13.2. The first-order valence-corrected chi connectivity index (χ1v) is 9.57. The lowest BCUT2D eigenvalue weighted by molar-refractivity contribution is 0.624. The van der Waals surface area contributed by atoms with Crippen LogP contribution in [-0.2, 0) is 7.05 Å². The Hall–Kier alpha value is -3.15. The van der Waals surface area contributed by atoms with Crippen LogP contribution < -0.4 is 9.80 Å². The van der Waals surface area contributed by atoms with E-state index in [0.29, 0.717) is 0 Å². The van der Waals surface area contributed by atoms with Crippen LogP contribution in [0.2, 0.25) is 0 Å². The van der Waals surface area contributed by atoms with Crippen molar-refractivity contribution >= 4 is 33.4 Å². The molecule has 0 aliphatic carbocycles. The van der Waals surface area contributed by atoms with E-state index in [1.54, 1.807) is 6.33 Å². The van der Waals surface area contributed by atoms with Crippen LogP contribution in [0.25, 0.3) is 21.9 Å². The highest BCUT2D eigenvalue weighted by Gasteiger charge is 2.23. The van der Waals surface area contributed by atoms with Gasteiger partial charge in [0.15, 0.2) is 5.82 Å². The Labute approximate surface area is 163 Å². The second kappa shape index (κ2) is 6.48. The van der Waals surface area contributed by atoms with Gasteiger partial charge < -0.3 is 14.4 Å². The summed E-state index contributed by atoms with van der Waals surface area (Å²) >= 11 is 0. The van der Waals surface area contributed by atoms with Gasteiger partial charge in [-0.05, 0) is 43.3 Å². The second-order valence-electron chi connectivity index (χ2n) is 7.42. The molecule has 0 radical (unpaired) electrons. The molecule has 2 aromatic carbocycles. The summed E-state index contributed by atoms with van der Waals surface area (Å²) in [5, 5.41) is 1.17. The Morgan fingerprint density at radius 3 is 2.36 bits per heavy atom. The number of hydrogen-bond donors (Lipinski definition) is 0. The Kier molecular flexibility index (Phi) is 3.93. The molecule has 1 aliphatic rings. The minimum absolute atomic E-state index is 0.197. The lowest BCUT2D eigenvalue weighted by Gasteiger charge is -2.37. The van der Waals surface area contributed by atoms with Gasteiger partial charge in [-0.2, -0.15) is 0 Å². The van der Waals surface area contributed by atoms with Crippen molar-refractivity contribution < 1.29 is 4.39 Å². The molecule has 1 saturated heterocycles. The van der Waals surface area contributed by atoms with Crippen molar-refractivity contribution in [2.45, 2.75) is 6.92 Å². The van der Waals surface area contributed by atoms with Crippen molar-refractivity contribution in [3.05, 3.63) is 60.2 Å². The molecule has 0 bridgehead atoms. The van der Waals surface area contributed by atoms with Crippen molar-refractivity contribution in [3.8, 4) is 0 Å². The first kappa shape index (κ1) is 17.0. The van der Waals surface area contributed by atoms with E-state index in [2.05, 4.69) is 56.5 Å². The molecule has 0 spiro atoms. The van der Waals surface area contributed by atoms with Crippen LogP contribution in [0.4, 0.5) is 15.9 Å². The summed E-state index contributed by atoms with van der Waals surface area (Å²) in [6.07, 6.45) is 1.67. The molecule has 142 valence electrons. The number of rotatable bonds is 2. The van der Waals surface area contributed by atoms with Crippen molar-refractivity contribution in [2.75, 3.05) is 36.0 Å². The predicted octanol–water partition coefficient (Wildman–Crippen LogP) is 3.90. The second-order valence-corrected chi connectivity index (χ2v) is 7.42. The number of aryl methyl sites for hydroxylation is 2. The van der Waals surface area contributed by atoms with Crippen molar-refractivity contribution in [2.24, 2.45) is 7.05 Å². The van der Waals surface area contributed by atoms with E-state index in [1.165, 1.54) is 28.6 Å².